The Morgan fingerprint density at radius 3 is 2.75 bits per heavy atom. The highest BCUT2D eigenvalue weighted by atomic mass is 35.5. The lowest BCUT2D eigenvalue weighted by atomic mass is 10.1. The van der Waals surface area contributed by atoms with E-state index in [4.69, 9.17) is 11.6 Å². The summed E-state index contributed by atoms with van der Waals surface area (Å²) in [6, 6.07) is 9.33. The fraction of sp³-hybridized carbons (Fsp3) is 0.389. The molecule has 1 atom stereocenters. The van der Waals surface area contributed by atoms with Crippen LogP contribution in [-0.4, -0.2) is 40.0 Å². The van der Waals surface area contributed by atoms with Gasteiger partial charge in [-0.05, 0) is 24.6 Å². The number of amides is 1. The molecule has 6 heteroatoms. The van der Waals surface area contributed by atoms with Crippen LogP contribution in [0.2, 0.25) is 5.02 Å². The molecule has 1 unspecified atom stereocenters. The molecular formula is C18H20ClN3O2. The molecule has 2 aromatic rings. The Labute approximate surface area is 146 Å². The quantitative estimate of drug-likeness (QED) is 0.752. The standard InChI is InChI=1S/C18H20ClN3O2/c1-2-3-4-15-12-21(9-10-23)18(24)17-11-16(20-22(15)17)13-5-7-14(19)8-6-13/h5-8,10-11,15H,2-4,9,12H2,1H3. The molecule has 5 nitrogen and oxygen atoms in total. The zero-order valence-electron chi connectivity index (χ0n) is 13.6. The number of carbonyl (C=O) groups excluding carboxylic acids is 2. The van der Waals surface area contributed by atoms with Gasteiger partial charge in [0, 0.05) is 17.1 Å². The summed E-state index contributed by atoms with van der Waals surface area (Å²) < 4.78 is 1.84. The van der Waals surface area contributed by atoms with E-state index >= 15 is 0 Å². The maximum Gasteiger partial charge on any atom is 0.272 e. The number of hydrogen-bond donors (Lipinski definition) is 0. The van der Waals surface area contributed by atoms with Crippen LogP contribution in [0.3, 0.4) is 0 Å². The largest absolute Gasteiger partial charge is 0.328 e. The van der Waals surface area contributed by atoms with Gasteiger partial charge in [0.15, 0.2) is 0 Å². The second-order valence-corrected chi connectivity index (χ2v) is 6.48. The maximum absolute atomic E-state index is 12.6. The van der Waals surface area contributed by atoms with Crippen molar-refractivity contribution in [3.63, 3.8) is 0 Å². The number of rotatable bonds is 6. The molecule has 0 fully saturated rings. The number of carbonyl (C=O) groups is 2. The minimum absolute atomic E-state index is 0.110. The zero-order chi connectivity index (χ0) is 17.1. The zero-order valence-corrected chi connectivity index (χ0v) is 14.4. The summed E-state index contributed by atoms with van der Waals surface area (Å²) in [5, 5.41) is 5.33. The number of benzene rings is 1. The highest BCUT2D eigenvalue weighted by molar-refractivity contribution is 6.30. The molecule has 3 rings (SSSR count). The number of nitrogens with zero attached hydrogens (tertiary/aromatic N) is 3. The lowest BCUT2D eigenvalue weighted by Gasteiger charge is -2.32. The average molecular weight is 346 g/mol. The van der Waals surface area contributed by atoms with E-state index in [1.807, 2.05) is 35.0 Å². The van der Waals surface area contributed by atoms with Gasteiger partial charge in [-0.2, -0.15) is 5.10 Å². The van der Waals surface area contributed by atoms with Crippen molar-refractivity contribution in [2.75, 3.05) is 13.1 Å². The van der Waals surface area contributed by atoms with Gasteiger partial charge in [0.25, 0.3) is 5.91 Å². The molecule has 0 spiro atoms. The average Bonchev–Trinajstić information content (AvgIpc) is 3.03. The molecule has 126 valence electrons. The summed E-state index contributed by atoms with van der Waals surface area (Å²) in [5.41, 5.74) is 2.23. The van der Waals surface area contributed by atoms with E-state index in [1.54, 1.807) is 4.90 Å². The third-order valence-corrected chi connectivity index (χ3v) is 4.60. The fourth-order valence-corrected chi connectivity index (χ4v) is 3.20. The summed E-state index contributed by atoms with van der Waals surface area (Å²) in [5.74, 6) is -0.137. The van der Waals surface area contributed by atoms with Crippen LogP contribution in [-0.2, 0) is 4.79 Å². The molecule has 0 radical (unpaired) electrons. The van der Waals surface area contributed by atoms with Crippen LogP contribution < -0.4 is 0 Å². The molecular weight excluding hydrogens is 326 g/mol. The van der Waals surface area contributed by atoms with E-state index in [9.17, 15) is 9.59 Å². The molecule has 0 saturated carbocycles. The van der Waals surface area contributed by atoms with Gasteiger partial charge >= 0.3 is 0 Å². The van der Waals surface area contributed by atoms with Gasteiger partial charge in [0.2, 0.25) is 0 Å². The Morgan fingerprint density at radius 1 is 1.33 bits per heavy atom. The SMILES string of the molecule is CCCCC1CN(CC=O)C(=O)c2cc(-c3ccc(Cl)cc3)nn21. The lowest BCUT2D eigenvalue weighted by Crippen LogP contribution is -2.44. The van der Waals surface area contributed by atoms with Crippen molar-refractivity contribution in [2.45, 2.75) is 32.2 Å². The first-order valence-corrected chi connectivity index (χ1v) is 8.60. The van der Waals surface area contributed by atoms with Crippen LogP contribution in [0.5, 0.6) is 0 Å². The smallest absolute Gasteiger partial charge is 0.272 e. The normalized spacial score (nSPS) is 17.0. The van der Waals surface area contributed by atoms with Crippen molar-refractivity contribution in [3.05, 3.63) is 41.0 Å². The Bertz CT molecular complexity index is 739. The molecule has 0 aliphatic carbocycles. The van der Waals surface area contributed by atoms with E-state index in [1.165, 1.54) is 0 Å². The van der Waals surface area contributed by atoms with Gasteiger partial charge in [-0.1, -0.05) is 43.5 Å². The fourth-order valence-electron chi connectivity index (χ4n) is 3.07. The van der Waals surface area contributed by atoms with Gasteiger partial charge in [0.05, 0.1) is 18.3 Å². The summed E-state index contributed by atoms with van der Waals surface area (Å²) in [6.07, 6.45) is 3.86. The number of fused-ring (bicyclic) bond motifs is 1. The van der Waals surface area contributed by atoms with Gasteiger partial charge < -0.3 is 9.69 Å². The summed E-state index contributed by atoms with van der Waals surface area (Å²) in [6.45, 7) is 2.80. The topological polar surface area (TPSA) is 55.2 Å². The van der Waals surface area contributed by atoms with Crippen LogP contribution in [0.25, 0.3) is 11.3 Å². The third kappa shape index (κ3) is 3.22. The van der Waals surface area contributed by atoms with Crippen molar-refractivity contribution >= 4 is 23.8 Å². The van der Waals surface area contributed by atoms with E-state index in [2.05, 4.69) is 12.0 Å². The molecule has 2 heterocycles. The Balaban J connectivity index is 1.98. The predicted molar refractivity (Wildman–Crippen MR) is 93.2 cm³/mol. The van der Waals surface area contributed by atoms with Crippen LogP contribution in [0.4, 0.5) is 0 Å². The molecule has 1 aliphatic rings. The van der Waals surface area contributed by atoms with Gasteiger partial charge in [-0.25, -0.2) is 0 Å². The maximum atomic E-state index is 12.6. The van der Waals surface area contributed by atoms with Crippen LogP contribution >= 0.6 is 11.6 Å². The van der Waals surface area contributed by atoms with Crippen LogP contribution in [0.15, 0.2) is 30.3 Å². The van der Waals surface area contributed by atoms with Crippen molar-refractivity contribution in [1.82, 2.24) is 14.7 Å². The third-order valence-electron chi connectivity index (χ3n) is 4.34. The molecule has 1 aromatic carbocycles. The first-order chi connectivity index (χ1) is 11.6. The van der Waals surface area contributed by atoms with E-state index < -0.39 is 0 Å². The molecule has 24 heavy (non-hydrogen) atoms. The lowest BCUT2D eigenvalue weighted by molar-refractivity contribution is -0.108. The van der Waals surface area contributed by atoms with Crippen LogP contribution in [0, 0.1) is 0 Å². The van der Waals surface area contributed by atoms with Gasteiger partial charge in [0.1, 0.15) is 12.0 Å². The second-order valence-electron chi connectivity index (χ2n) is 6.04. The molecule has 1 aliphatic heterocycles. The van der Waals surface area contributed by atoms with Gasteiger partial charge in [-0.15, -0.1) is 0 Å². The summed E-state index contributed by atoms with van der Waals surface area (Å²) in [7, 11) is 0. The van der Waals surface area contributed by atoms with Crippen molar-refractivity contribution < 1.29 is 9.59 Å². The Kier molecular flexibility index (Phi) is 5.00. The minimum atomic E-state index is -0.137. The highest BCUT2D eigenvalue weighted by Gasteiger charge is 2.32. The number of hydrogen-bond acceptors (Lipinski definition) is 3. The summed E-state index contributed by atoms with van der Waals surface area (Å²) in [4.78, 5) is 25.1. The van der Waals surface area contributed by atoms with Crippen LogP contribution in [0.1, 0.15) is 42.7 Å². The monoisotopic (exact) mass is 345 g/mol. The van der Waals surface area contributed by atoms with Crippen molar-refractivity contribution in [3.8, 4) is 11.3 Å². The first kappa shape index (κ1) is 16.7. The minimum Gasteiger partial charge on any atom is -0.328 e. The first-order valence-electron chi connectivity index (χ1n) is 8.22. The molecule has 1 amide bonds. The number of unbranched alkanes of at least 4 members (excludes halogenated alkanes) is 1. The predicted octanol–water partition coefficient (Wildman–Crippen LogP) is 3.59. The molecule has 0 saturated heterocycles. The highest BCUT2D eigenvalue weighted by Crippen LogP contribution is 2.29. The molecule has 0 N–H and O–H groups in total. The summed E-state index contributed by atoms with van der Waals surface area (Å²) >= 11 is 5.94. The van der Waals surface area contributed by atoms with E-state index in [-0.39, 0.29) is 18.5 Å². The number of halogens is 1. The van der Waals surface area contributed by atoms with E-state index in [0.29, 0.717) is 17.3 Å². The molecule has 0 bridgehead atoms. The van der Waals surface area contributed by atoms with Crippen molar-refractivity contribution in [2.24, 2.45) is 0 Å². The molecule has 1 aromatic heterocycles. The second kappa shape index (κ2) is 7.18. The van der Waals surface area contributed by atoms with E-state index in [0.717, 1.165) is 36.8 Å². The number of aromatic nitrogens is 2. The number of aldehydes is 1. The van der Waals surface area contributed by atoms with Gasteiger partial charge in [-0.3, -0.25) is 9.48 Å². The Hall–Kier alpha value is -2.14. The Morgan fingerprint density at radius 2 is 2.08 bits per heavy atom. The van der Waals surface area contributed by atoms with Crippen molar-refractivity contribution in [1.29, 1.82) is 0 Å².